The summed E-state index contributed by atoms with van der Waals surface area (Å²) in [5.74, 6) is -13.5. The Morgan fingerprint density at radius 3 is 1.87 bits per heavy atom. The van der Waals surface area contributed by atoms with Gasteiger partial charge in [-0.05, 0) is 72.5 Å². The standard InChI is InChI=1S/C24H15F2NO4.C14H13F4NO3.C12H11NO/c1-2-30-24(29)16-12-27-18-10-14(13-6-4-3-5-7-13)8-9-19(18)31-23-20(26)17(25)11-15(21(23)27)22(16)28;1-4-22-14(21)8(6-19(2)3)13(20)7-5-9(15)11(17)12(18)10(7)16;13-11-8-10(6-7-12(11)14)9-4-2-1-3-5-9/h3-12H,2H2,1H3;5-6H,4H2,1-3H3;1-8,14H,13H2/b;8-6-;. The van der Waals surface area contributed by atoms with Crippen molar-refractivity contribution in [1.82, 2.24) is 9.47 Å². The van der Waals surface area contributed by atoms with E-state index < -0.39 is 74.9 Å². The number of hydrogen-bond donors (Lipinski definition) is 2. The number of fused-ring (bicyclic) bond motifs is 2. The van der Waals surface area contributed by atoms with E-state index in [0.717, 1.165) is 34.5 Å². The van der Waals surface area contributed by atoms with Crippen molar-refractivity contribution in [3.05, 3.63) is 183 Å². The largest absolute Gasteiger partial charge is 0.506 e. The first-order valence-electron chi connectivity index (χ1n) is 20.2. The second kappa shape index (κ2) is 20.7. The Morgan fingerprint density at radius 2 is 1.28 bits per heavy atom. The van der Waals surface area contributed by atoms with E-state index in [-0.39, 0.29) is 47.2 Å². The van der Waals surface area contributed by atoms with Crippen molar-refractivity contribution >= 4 is 34.3 Å². The minimum Gasteiger partial charge on any atom is -0.506 e. The van der Waals surface area contributed by atoms with Gasteiger partial charge in [0.05, 0.1) is 35.5 Å². The smallest absolute Gasteiger partial charge is 0.343 e. The minimum atomic E-state index is -2.13. The fraction of sp³-hybridized carbons (Fsp3) is 0.120. The summed E-state index contributed by atoms with van der Waals surface area (Å²) < 4.78 is 98.5. The number of hydrogen-bond acceptors (Lipinski definition) is 10. The molecule has 6 aromatic carbocycles. The Balaban J connectivity index is 0.000000179. The second-order valence-corrected chi connectivity index (χ2v) is 14.6. The maximum atomic E-state index is 14.6. The van der Waals surface area contributed by atoms with Gasteiger partial charge < -0.3 is 34.5 Å². The van der Waals surface area contributed by atoms with Gasteiger partial charge in [-0.15, -0.1) is 0 Å². The van der Waals surface area contributed by atoms with Crippen LogP contribution in [-0.2, 0) is 14.3 Å². The third-order valence-corrected chi connectivity index (χ3v) is 9.78. The molecule has 7 aromatic rings. The molecule has 2 heterocycles. The molecule has 0 saturated heterocycles. The number of esters is 2. The molecule has 1 aliphatic rings. The van der Waals surface area contributed by atoms with Crippen LogP contribution in [0.25, 0.3) is 38.8 Å². The third-order valence-electron chi connectivity index (χ3n) is 9.78. The number of carbonyl (C=O) groups excluding carboxylic acids is 3. The number of ether oxygens (including phenoxy) is 3. The van der Waals surface area contributed by atoms with E-state index >= 15 is 0 Å². The quantitative estimate of drug-likeness (QED) is 0.0137. The van der Waals surface area contributed by atoms with Gasteiger partial charge in [0.25, 0.3) is 0 Å². The molecule has 0 saturated carbocycles. The van der Waals surface area contributed by atoms with Crippen LogP contribution >= 0.6 is 0 Å². The Kier molecular flexibility index (Phi) is 14.8. The third kappa shape index (κ3) is 10.3. The van der Waals surface area contributed by atoms with Crippen LogP contribution in [0, 0.1) is 34.9 Å². The molecule has 17 heteroatoms. The van der Waals surface area contributed by atoms with Gasteiger partial charge in [0.1, 0.15) is 22.4 Å². The highest BCUT2D eigenvalue weighted by atomic mass is 19.2. The molecule has 0 unspecified atom stereocenters. The molecule has 1 aromatic heterocycles. The summed E-state index contributed by atoms with van der Waals surface area (Å²) in [5.41, 5.74) is 7.67. The fourth-order valence-corrected chi connectivity index (χ4v) is 6.67. The number of phenolic OH excluding ortho intramolecular Hbond substituents is 1. The molecule has 0 radical (unpaired) electrons. The summed E-state index contributed by atoms with van der Waals surface area (Å²) in [6, 6.07) is 30.9. The number of ketones is 1. The maximum Gasteiger partial charge on any atom is 0.343 e. The first kappa shape index (κ1) is 48.1. The van der Waals surface area contributed by atoms with Crippen molar-refractivity contribution in [2.45, 2.75) is 13.8 Å². The molecule has 0 amide bonds. The SMILES string of the molecule is CCOC(=O)/C(=C\N(C)C)C(=O)c1cc(F)c(F)c(F)c1F.CCOC(=O)c1cn2c3c(c(F)c(F)cc3c1=O)Oc1ccc(-c3ccccc3)cc1-2.Nc1cc(-c2ccccc2)ccc1O. The fourth-order valence-electron chi connectivity index (χ4n) is 6.67. The lowest BCUT2D eigenvalue weighted by Crippen LogP contribution is -2.22. The van der Waals surface area contributed by atoms with E-state index in [1.807, 2.05) is 66.7 Å². The summed E-state index contributed by atoms with van der Waals surface area (Å²) in [7, 11) is 2.93. The molecule has 0 aliphatic carbocycles. The van der Waals surface area contributed by atoms with E-state index in [1.165, 1.54) is 36.7 Å². The van der Waals surface area contributed by atoms with Crippen molar-refractivity contribution in [1.29, 1.82) is 0 Å². The van der Waals surface area contributed by atoms with Crippen LogP contribution in [0.2, 0.25) is 0 Å². The monoisotopic (exact) mass is 923 g/mol. The molecule has 344 valence electrons. The number of halogens is 6. The number of pyridine rings is 1. The number of anilines is 1. The molecular weight excluding hydrogens is 885 g/mol. The van der Waals surface area contributed by atoms with Gasteiger partial charge in [-0.2, -0.15) is 4.39 Å². The molecule has 0 fully saturated rings. The maximum absolute atomic E-state index is 14.6. The second-order valence-electron chi connectivity index (χ2n) is 14.6. The van der Waals surface area contributed by atoms with Crippen LogP contribution in [0.1, 0.15) is 34.6 Å². The van der Waals surface area contributed by atoms with Crippen LogP contribution in [0.5, 0.6) is 17.2 Å². The lowest BCUT2D eigenvalue weighted by atomic mass is 10.0. The molecule has 11 nitrogen and oxygen atoms in total. The zero-order chi connectivity index (χ0) is 48.7. The summed E-state index contributed by atoms with van der Waals surface area (Å²) in [6.07, 6.45) is 2.30. The summed E-state index contributed by atoms with van der Waals surface area (Å²) in [5, 5.41) is 9.09. The van der Waals surface area contributed by atoms with E-state index in [9.17, 15) is 50.6 Å². The molecule has 3 N–H and O–H groups in total. The summed E-state index contributed by atoms with van der Waals surface area (Å²) >= 11 is 0. The van der Waals surface area contributed by atoms with Crippen molar-refractivity contribution in [3.63, 3.8) is 0 Å². The van der Waals surface area contributed by atoms with Crippen molar-refractivity contribution in [3.8, 4) is 45.2 Å². The van der Waals surface area contributed by atoms with Crippen LogP contribution in [0.4, 0.5) is 32.0 Å². The Morgan fingerprint density at radius 1 is 0.701 bits per heavy atom. The van der Waals surface area contributed by atoms with E-state index in [2.05, 4.69) is 4.74 Å². The number of aromatic hydroxyl groups is 1. The highest BCUT2D eigenvalue weighted by Gasteiger charge is 2.31. The zero-order valence-electron chi connectivity index (χ0n) is 36.0. The van der Waals surface area contributed by atoms with Crippen LogP contribution in [0.3, 0.4) is 0 Å². The van der Waals surface area contributed by atoms with Gasteiger partial charge >= 0.3 is 11.9 Å². The predicted molar refractivity (Wildman–Crippen MR) is 238 cm³/mol. The van der Waals surface area contributed by atoms with Crippen molar-refractivity contribution in [2.24, 2.45) is 0 Å². The van der Waals surface area contributed by atoms with Crippen LogP contribution < -0.4 is 15.9 Å². The molecule has 0 spiro atoms. The lowest BCUT2D eigenvalue weighted by Gasteiger charge is -2.24. The average molecular weight is 924 g/mol. The number of benzene rings is 6. The highest BCUT2D eigenvalue weighted by molar-refractivity contribution is 6.24. The molecular formula is C50H39F6N3O8. The predicted octanol–water partition coefficient (Wildman–Crippen LogP) is 10.3. The van der Waals surface area contributed by atoms with Crippen LogP contribution in [0.15, 0.2) is 132 Å². The van der Waals surface area contributed by atoms with E-state index in [0.29, 0.717) is 11.4 Å². The van der Waals surface area contributed by atoms with Gasteiger partial charge in [-0.25, -0.2) is 31.5 Å². The highest BCUT2D eigenvalue weighted by Crippen LogP contribution is 2.43. The van der Waals surface area contributed by atoms with Crippen molar-refractivity contribution < 1.29 is 60.0 Å². The number of nitrogens with zero attached hydrogens (tertiary/aromatic N) is 2. The van der Waals surface area contributed by atoms with Crippen molar-refractivity contribution in [2.75, 3.05) is 33.0 Å². The number of Topliss-reactive ketones (excluding diaryl/α,β-unsaturated/α-hetero) is 1. The Hall–Kier alpha value is -8.34. The number of aromatic nitrogens is 1. The average Bonchev–Trinajstić information content (AvgIpc) is 3.32. The number of phenols is 1. The van der Waals surface area contributed by atoms with Gasteiger partial charge in [0.2, 0.25) is 17.0 Å². The van der Waals surface area contributed by atoms with E-state index in [1.54, 1.807) is 37.3 Å². The molecule has 0 atom stereocenters. The lowest BCUT2D eigenvalue weighted by molar-refractivity contribution is -0.138. The topological polar surface area (TPSA) is 150 Å². The molecule has 0 bridgehead atoms. The van der Waals surface area contributed by atoms with E-state index in [4.69, 9.17) is 15.2 Å². The molecule has 8 rings (SSSR count). The zero-order valence-corrected chi connectivity index (χ0v) is 36.0. The summed E-state index contributed by atoms with van der Waals surface area (Å²) in [6.45, 7) is 3.10. The number of nitrogen functional groups attached to an aromatic ring is 1. The Bertz CT molecular complexity index is 3120. The van der Waals surface area contributed by atoms with Gasteiger partial charge in [-0.1, -0.05) is 72.8 Å². The van der Waals surface area contributed by atoms with Crippen LogP contribution in [-0.4, -0.2) is 59.6 Å². The van der Waals surface area contributed by atoms with Gasteiger partial charge in [0, 0.05) is 26.5 Å². The number of rotatable bonds is 9. The summed E-state index contributed by atoms with van der Waals surface area (Å²) in [4.78, 5) is 50.4. The minimum absolute atomic E-state index is 0.0506. The van der Waals surface area contributed by atoms with Gasteiger partial charge in [0.15, 0.2) is 40.6 Å². The van der Waals surface area contributed by atoms with Gasteiger partial charge in [-0.3, -0.25) is 9.59 Å². The number of nitrogens with two attached hydrogens (primary N) is 1. The molecule has 67 heavy (non-hydrogen) atoms. The normalized spacial score (nSPS) is 11.2. The molecule has 1 aliphatic heterocycles. The number of carbonyl (C=O) groups is 3. The Labute approximate surface area is 378 Å². The first-order valence-corrected chi connectivity index (χ1v) is 20.2. The first-order chi connectivity index (χ1) is 32.0.